The minimum absolute atomic E-state index is 0.108. The van der Waals surface area contributed by atoms with Gasteiger partial charge < -0.3 is 10.6 Å². The Hall–Kier alpha value is -1.32. The van der Waals surface area contributed by atoms with Crippen LogP contribution in [0.4, 0.5) is 0 Å². The van der Waals surface area contributed by atoms with Gasteiger partial charge in [-0.3, -0.25) is 9.59 Å². The molecule has 0 radical (unpaired) electrons. The largest absolute Gasteiger partial charge is 0.369 e. The van der Waals surface area contributed by atoms with Crippen molar-refractivity contribution in [1.82, 2.24) is 4.90 Å². The lowest BCUT2D eigenvalue weighted by molar-refractivity contribution is -0.126. The van der Waals surface area contributed by atoms with Gasteiger partial charge in [0.15, 0.2) is 0 Å². The lowest BCUT2D eigenvalue weighted by atomic mass is 10.1. The lowest BCUT2D eigenvalue weighted by Crippen LogP contribution is -2.32. The Morgan fingerprint density at radius 3 is 2.80 bits per heavy atom. The van der Waals surface area contributed by atoms with Gasteiger partial charge >= 0.3 is 0 Å². The molecule has 0 unspecified atom stereocenters. The summed E-state index contributed by atoms with van der Waals surface area (Å²) in [5.74, 6) is -0.321. The number of carbonyl (C=O) groups excluding carboxylic acids is 2. The summed E-state index contributed by atoms with van der Waals surface area (Å²) in [7, 11) is 0. The monoisotopic (exact) mass is 208 g/mol. The number of rotatable bonds is 2. The quantitative estimate of drug-likeness (QED) is 0.715. The number of allylic oxidation sites excluding steroid dienone is 1. The third kappa shape index (κ3) is 2.03. The Morgan fingerprint density at radius 1 is 1.47 bits per heavy atom. The summed E-state index contributed by atoms with van der Waals surface area (Å²) in [6, 6.07) is 0. The Bertz CT molecular complexity index is 323. The Morgan fingerprint density at radius 2 is 2.27 bits per heavy atom. The second-order valence-electron chi connectivity index (χ2n) is 4.26. The number of likely N-dealkylation sites (tertiary alicyclic amines) is 1. The Kier molecular flexibility index (Phi) is 2.75. The number of hydrogen-bond donors (Lipinski definition) is 1. The van der Waals surface area contributed by atoms with Gasteiger partial charge in [0.25, 0.3) is 0 Å². The van der Waals surface area contributed by atoms with Crippen molar-refractivity contribution in [2.45, 2.75) is 25.7 Å². The third-order valence-electron chi connectivity index (χ3n) is 3.19. The number of nitrogens with two attached hydrogens (primary N) is 1. The van der Waals surface area contributed by atoms with Crippen LogP contribution < -0.4 is 5.73 Å². The standard InChI is InChI=1S/C11H16N2O2/c12-10(14)9-5-6-13(7-9)11(15)8-3-1-2-4-8/h3,9H,1-2,4-7H2,(H2,12,14)/t9-/m1/s1. The van der Waals surface area contributed by atoms with Gasteiger partial charge in [-0.1, -0.05) is 6.08 Å². The average Bonchev–Trinajstić information content (AvgIpc) is 2.88. The second-order valence-corrected chi connectivity index (χ2v) is 4.26. The van der Waals surface area contributed by atoms with E-state index in [1.165, 1.54) is 0 Å². The van der Waals surface area contributed by atoms with Crippen LogP contribution in [0.25, 0.3) is 0 Å². The highest BCUT2D eigenvalue weighted by atomic mass is 16.2. The molecule has 2 N–H and O–H groups in total. The molecule has 1 atom stereocenters. The first-order chi connectivity index (χ1) is 7.18. The van der Waals surface area contributed by atoms with E-state index >= 15 is 0 Å². The molecule has 1 aliphatic carbocycles. The fourth-order valence-corrected chi connectivity index (χ4v) is 2.25. The topological polar surface area (TPSA) is 63.4 Å². The third-order valence-corrected chi connectivity index (χ3v) is 3.19. The van der Waals surface area contributed by atoms with E-state index < -0.39 is 0 Å². The zero-order valence-corrected chi connectivity index (χ0v) is 8.74. The predicted octanol–water partition coefficient (Wildman–Crippen LogP) is 0.430. The van der Waals surface area contributed by atoms with Crippen LogP contribution in [0.3, 0.4) is 0 Å². The molecule has 15 heavy (non-hydrogen) atoms. The van der Waals surface area contributed by atoms with E-state index in [9.17, 15) is 9.59 Å². The van der Waals surface area contributed by atoms with Crippen LogP contribution >= 0.6 is 0 Å². The van der Waals surface area contributed by atoms with E-state index in [0.717, 1.165) is 24.8 Å². The van der Waals surface area contributed by atoms with Crippen molar-refractivity contribution in [2.75, 3.05) is 13.1 Å². The van der Waals surface area contributed by atoms with Crippen molar-refractivity contribution in [3.05, 3.63) is 11.6 Å². The van der Waals surface area contributed by atoms with Crippen molar-refractivity contribution in [3.8, 4) is 0 Å². The molecule has 2 rings (SSSR count). The van der Waals surface area contributed by atoms with Crippen LogP contribution in [-0.4, -0.2) is 29.8 Å². The van der Waals surface area contributed by atoms with E-state index in [1.807, 2.05) is 6.08 Å². The predicted molar refractivity (Wildman–Crippen MR) is 55.8 cm³/mol. The van der Waals surface area contributed by atoms with Crippen LogP contribution in [0, 0.1) is 5.92 Å². The van der Waals surface area contributed by atoms with Crippen molar-refractivity contribution in [3.63, 3.8) is 0 Å². The van der Waals surface area contributed by atoms with Gasteiger partial charge in [0.05, 0.1) is 5.92 Å². The SMILES string of the molecule is NC(=O)[C@@H]1CCN(C(=O)C2=CCCC2)C1. The molecule has 1 aliphatic heterocycles. The van der Waals surface area contributed by atoms with Gasteiger partial charge in [-0.25, -0.2) is 0 Å². The molecule has 0 aromatic rings. The van der Waals surface area contributed by atoms with Gasteiger partial charge in [0.2, 0.25) is 11.8 Å². The molecular formula is C11H16N2O2. The lowest BCUT2D eigenvalue weighted by Gasteiger charge is -2.16. The van der Waals surface area contributed by atoms with Crippen molar-refractivity contribution in [2.24, 2.45) is 11.7 Å². The Labute approximate surface area is 89.1 Å². The summed E-state index contributed by atoms with van der Waals surface area (Å²) in [5, 5.41) is 0. The van der Waals surface area contributed by atoms with Crippen LogP contribution in [-0.2, 0) is 9.59 Å². The molecule has 1 saturated heterocycles. The molecule has 4 heteroatoms. The van der Waals surface area contributed by atoms with Crippen LogP contribution in [0.15, 0.2) is 11.6 Å². The van der Waals surface area contributed by atoms with E-state index in [1.54, 1.807) is 4.90 Å². The highest BCUT2D eigenvalue weighted by molar-refractivity contribution is 5.94. The molecule has 0 spiro atoms. The normalized spacial score (nSPS) is 25.5. The second kappa shape index (κ2) is 4.04. The molecule has 2 amide bonds. The summed E-state index contributed by atoms with van der Waals surface area (Å²) in [6.07, 6.45) is 5.70. The van der Waals surface area contributed by atoms with Crippen molar-refractivity contribution >= 4 is 11.8 Å². The summed E-state index contributed by atoms with van der Waals surface area (Å²) in [6.45, 7) is 1.18. The number of nitrogens with zero attached hydrogens (tertiary/aromatic N) is 1. The maximum absolute atomic E-state index is 11.9. The highest BCUT2D eigenvalue weighted by Crippen LogP contribution is 2.23. The summed E-state index contributed by atoms with van der Waals surface area (Å²) in [5.41, 5.74) is 6.14. The molecule has 0 bridgehead atoms. The molecule has 0 saturated carbocycles. The molecule has 82 valence electrons. The minimum atomic E-state index is -0.286. The first-order valence-corrected chi connectivity index (χ1v) is 5.46. The van der Waals surface area contributed by atoms with E-state index in [2.05, 4.69) is 0 Å². The maximum atomic E-state index is 11.9. The first-order valence-electron chi connectivity index (χ1n) is 5.46. The fourth-order valence-electron chi connectivity index (χ4n) is 2.25. The number of amides is 2. The molecule has 1 heterocycles. The molecule has 1 fully saturated rings. The van der Waals surface area contributed by atoms with Crippen molar-refractivity contribution < 1.29 is 9.59 Å². The van der Waals surface area contributed by atoms with Crippen LogP contribution in [0.1, 0.15) is 25.7 Å². The molecule has 2 aliphatic rings. The number of primary amides is 1. The molecular weight excluding hydrogens is 192 g/mol. The van der Waals surface area contributed by atoms with E-state index in [4.69, 9.17) is 5.73 Å². The van der Waals surface area contributed by atoms with Gasteiger partial charge in [0, 0.05) is 18.7 Å². The number of carbonyl (C=O) groups is 2. The van der Waals surface area contributed by atoms with Gasteiger partial charge in [0.1, 0.15) is 0 Å². The average molecular weight is 208 g/mol. The highest BCUT2D eigenvalue weighted by Gasteiger charge is 2.31. The first kappa shape index (κ1) is 10.2. The smallest absolute Gasteiger partial charge is 0.249 e. The van der Waals surface area contributed by atoms with Crippen LogP contribution in [0.2, 0.25) is 0 Å². The van der Waals surface area contributed by atoms with Gasteiger partial charge in [-0.05, 0) is 25.7 Å². The van der Waals surface area contributed by atoms with Gasteiger partial charge in [-0.2, -0.15) is 0 Å². The summed E-state index contributed by atoms with van der Waals surface area (Å²) in [4.78, 5) is 24.6. The zero-order valence-electron chi connectivity index (χ0n) is 8.74. The minimum Gasteiger partial charge on any atom is -0.369 e. The molecule has 0 aromatic carbocycles. The van der Waals surface area contributed by atoms with Crippen LogP contribution in [0.5, 0.6) is 0 Å². The fraction of sp³-hybridized carbons (Fsp3) is 0.636. The maximum Gasteiger partial charge on any atom is 0.249 e. The van der Waals surface area contributed by atoms with Crippen molar-refractivity contribution in [1.29, 1.82) is 0 Å². The number of hydrogen-bond acceptors (Lipinski definition) is 2. The molecule has 0 aromatic heterocycles. The van der Waals surface area contributed by atoms with E-state index in [-0.39, 0.29) is 17.7 Å². The Balaban J connectivity index is 1.95. The zero-order chi connectivity index (χ0) is 10.8. The molecule has 4 nitrogen and oxygen atoms in total. The van der Waals surface area contributed by atoms with Gasteiger partial charge in [-0.15, -0.1) is 0 Å². The summed E-state index contributed by atoms with van der Waals surface area (Å²) >= 11 is 0. The summed E-state index contributed by atoms with van der Waals surface area (Å²) < 4.78 is 0. The van der Waals surface area contributed by atoms with E-state index in [0.29, 0.717) is 19.5 Å².